The Morgan fingerprint density at radius 3 is 2.79 bits per heavy atom. The number of carbonyl (C=O) groups excluding carboxylic acids is 1. The number of ether oxygens (including phenoxy) is 1. The van der Waals surface area contributed by atoms with Crippen LogP contribution in [0.15, 0.2) is 57.5 Å². The molecule has 4 aromatic rings. The molecule has 0 aliphatic heterocycles. The third-order valence-corrected chi connectivity index (χ3v) is 7.13. The van der Waals surface area contributed by atoms with Gasteiger partial charge in [-0.2, -0.15) is 0 Å². The van der Waals surface area contributed by atoms with E-state index in [2.05, 4.69) is 36.4 Å². The van der Waals surface area contributed by atoms with Gasteiger partial charge >= 0.3 is 0 Å². The number of anilines is 1. The van der Waals surface area contributed by atoms with E-state index < -0.39 is 5.82 Å². The molecular weight excluding hydrogens is 565 g/mol. The fourth-order valence-corrected chi connectivity index (χ4v) is 4.93. The van der Waals surface area contributed by atoms with Crippen LogP contribution in [0, 0.1) is 5.82 Å². The number of nitrogens with zero attached hydrogens (tertiary/aromatic N) is 4. The first kappa shape index (κ1) is 24.6. The fourth-order valence-electron chi connectivity index (χ4n) is 2.93. The Morgan fingerprint density at radius 1 is 1.26 bits per heavy atom. The van der Waals surface area contributed by atoms with Crippen molar-refractivity contribution in [3.8, 4) is 17.0 Å². The number of carbonyl (C=O) groups is 1. The van der Waals surface area contributed by atoms with Gasteiger partial charge < -0.3 is 14.6 Å². The summed E-state index contributed by atoms with van der Waals surface area (Å²) in [6, 6.07) is 12.0. The molecular formula is C22H18BrClFN5O2S2. The molecule has 1 N–H and O–H groups in total. The van der Waals surface area contributed by atoms with Gasteiger partial charge in [-0.1, -0.05) is 51.4 Å². The summed E-state index contributed by atoms with van der Waals surface area (Å²) in [5.41, 5.74) is 1.78. The molecule has 7 nitrogen and oxygen atoms in total. The van der Waals surface area contributed by atoms with E-state index in [1.165, 1.54) is 41.3 Å². The highest BCUT2D eigenvalue weighted by atomic mass is 79.9. The summed E-state index contributed by atoms with van der Waals surface area (Å²) in [4.78, 5) is 16.9. The minimum absolute atomic E-state index is 0.0130. The molecule has 0 atom stereocenters. The van der Waals surface area contributed by atoms with E-state index in [1.54, 1.807) is 0 Å². The number of benzene rings is 2. The van der Waals surface area contributed by atoms with Crippen molar-refractivity contribution < 1.29 is 13.9 Å². The lowest BCUT2D eigenvalue weighted by Crippen LogP contribution is -2.14. The lowest BCUT2D eigenvalue weighted by molar-refractivity contribution is -0.113. The third kappa shape index (κ3) is 6.15. The van der Waals surface area contributed by atoms with Crippen LogP contribution in [-0.2, 0) is 17.9 Å². The third-order valence-electron chi connectivity index (χ3n) is 4.59. The molecule has 12 heteroatoms. The average molecular weight is 583 g/mol. The van der Waals surface area contributed by atoms with Crippen LogP contribution < -0.4 is 10.1 Å². The topological polar surface area (TPSA) is 81.9 Å². The number of thioether (sulfide) groups is 1. The van der Waals surface area contributed by atoms with Crippen molar-refractivity contribution in [2.24, 2.45) is 0 Å². The summed E-state index contributed by atoms with van der Waals surface area (Å²) in [6.45, 7) is 2.68. The standard InChI is InChI=1S/C22H18BrClFN5O2S2/c1-2-30-19(10-32-15-7-8-17(25)16(24)9-15)28-29-22(30)34-12-20(31)27-21-26-18(11-33-21)13-3-5-14(23)6-4-13/h3-9,11H,2,10,12H2,1H3,(H,26,27,31). The summed E-state index contributed by atoms with van der Waals surface area (Å²) in [6.07, 6.45) is 0. The maximum absolute atomic E-state index is 13.3. The second-order valence-corrected chi connectivity index (χ2v) is 10.0. The van der Waals surface area contributed by atoms with E-state index in [4.69, 9.17) is 16.3 Å². The molecule has 0 saturated heterocycles. The monoisotopic (exact) mass is 581 g/mol. The number of amides is 1. The molecule has 4 rings (SSSR count). The quantitative estimate of drug-likeness (QED) is 0.234. The van der Waals surface area contributed by atoms with Crippen molar-refractivity contribution in [2.75, 3.05) is 11.1 Å². The van der Waals surface area contributed by atoms with Crippen molar-refractivity contribution in [3.63, 3.8) is 0 Å². The Balaban J connectivity index is 1.32. The molecule has 0 spiro atoms. The average Bonchev–Trinajstić information content (AvgIpc) is 3.45. The van der Waals surface area contributed by atoms with Gasteiger partial charge in [-0.25, -0.2) is 9.37 Å². The predicted molar refractivity (Wildman–Crippen MR) is 136 cm³/mol. The molecule has 0 fully saturated rings. The first-order valence-electron chi connectivity index (χ1n) is 10.1. The first-order valence-corrected chi connectivity index (χ1v) is 13.1. The van der Waals surface area contributed by atoms with Crippen molar-refractivity contribution in [1.29, 1.82) is 0 Å². The minimum atomic E-state index is -0.509. The fraction of sp³-hybridized carbons (Fsp3) is 0.182. The summed E-state index contributed by atoms with van der Waals surface area (Å²) in [7, 11) is 0. The molecule has 2 aromatic carbocycles. The van der Waals surface area contributed by atoms with E-state index in [1.807, 2.05) is 41.1 Å². The van der Waals surface area contributed by atoms with E-state index in [0.29, 0.717) is 28.4 Å². The molecule has 0 aliphatic carbocycles. The first-order chi connectivity index (χ1) is 16.4. The van der Waals surface area contributed by atoms with Crippen LogP contribution in [-0.4, -0.2) is 31.4 Å². The van der Waals surface area contributed by atoms with E-state index in [9.17, 15) is 9.18 Å². The van der Waals surface area contributed by atoms with Gasteiger partial charge in [0.25, 0.3) is 0 Å². The summed E-state index contributed by atoms with van der Waals surface area (Å²) >= 11 is 11.8. The van der Waals surface area contributed by atoms with Crippen molar-refractivity contribution in [2.45, 2.75) is 25.2 Å². The molecule has 34 heavy (non-hydrogen) atoms. The maximum atomic E-state index is 13.3. The van der Waals surface area contributed by atoms with E-state index in [-0.39, 0.29) is 23.3 Å². The van der Waals surface area contributed by atoms with Crippen LogP contribution in [0.2, 0.25) is 5.02 Å². The molecule has 0 aliphatic rings. The number of thiazole rings is 1. The number of hydrogen-bond donors (Lipinski definition) is 1. The molecule has 0 saturated carbocycles. The van der Waals surface area contributed by atoms with Crippen LogP contribution in [0.25, 0.3) is 11.3 Å². The molecule has 2 aromatic heterocycles. The number of hydrogen-bond acceptors (Lipinski definition) is 7. The maximum Gasteiger partial charge on any atom is 0.236 e. The molecule has 176 valence electrons. The predicted octanol–water partition coefficient (Wildman–Crippen LogP) is 6.29. The highest BCUT2D eigenvalue weighted by molar-refractivity contribution is 9.10. The van der Waals surface area contributed by atoms with Crippen molar-refractivity contribution >= 4 is 61.7 Å². The van der Waals surface area contributed by atoms with Gasteiger partial charge in [0.05, 0.1) is 16.5 Å². The number of nitrogens with one attached hydrogen (secondary N) is 1. The molecule has 0 unspecified atom stereocenters. The Kier molecular flexibility index (Phi) is 8.19. The minimum Gasteiger partial charge on any atom is -0.486 e. The molecule has 0 bridgehead atoms. The Bertz CT molecular complexity index is 1300. The zero-order valence-corrected chi connectivity index (χ0v) is 21.8. The van der Waals surface area contributed by atoms with Gasteiger partial charge in [-0.3, -0.25) is 4.79 Å². The van der Waals surface area contributed by atoms with Gasteiger partial charge in [0.1, 0.15) is 18.2 Å². The van der Waals surface area contributed by atoms with Crippen LogP contribution in [0.5, 0.6) is 5.75 Å². The lowest BCUT2D eigenvalue weighted by Gasteiger charge is -2.09. The van der Waals surface area contributed by atoms with Crippen LogP contribution in [0.1, 0.15) is 12.7 Å². The zero-order chi connectivity index (χ0) is 24.1. The van der Waals surface area contributed by atoms with Gasteiger partial charge in [0, 0.05) is 28.0 Å². The lowest BCUT2D eigenvalue weighted by atomic mass is 10.2. The van der Waals surface area contributed by atoms with Gasteiger partial charge in [-0.15, -0.1) is 21.5 Å². The van der Waals surface area contributed by atoms with Crippen LogP contribution in [0.4, 0.5) is 9.52 Å². The Hall–Kier alpha value is -2.47. The Morgan fingerprint density at radius 2 is 2.06 bits per heavy atom. The summed E-state index contributed by atoms with van der Waals surface area (Å²) in [5, 5.41) is 14.2. The molecule has 1 amide bonds. The number of halogens is 3. The number of rotatable bonds is 9. The van der Waals surface area contributed by atoms with Crippen molar-refractivity contribution in [3.05, 3.63) is 69.0 Å². The van der Waals surface area contributed by atoms with Gasteiger partial charge in [0.15, 0.2) is 16.1 Å². The van der Waals surface area contributed by atoms with Crippen molar-refractivity contribution in [1.82, 2.24) is 19.7 Å². The Labute approximate surface area is 216 Å². The molecule has 2 heterocycles. The smallest absolute Gasteiger partial charge is 0.236 e. The second-order valence-electron chi connectivity index (χ2n) is 6.89. The SMILES string of the molecule is CCn1c(COc2ccc(F)c(Cl)c2)nnc1SCC(=O)Nc1nc(-c2ccc(Br)cc2)cs1. The van der Waals surface area contributed by atoms with Gasteiger partial charge in [0.2, 0.25) is 5.91 Å². The normalized spacial score (nSPS) is 10.9. The van der Waals surface area contributed by atoms with E-state index >= 15 is 0 Å². The summed E-state index contributed by atoms with van der Waals surface area (Å²) in [5.74, 6) is 0.470. The second kappa shape index (κ2) is 11.3. The van der Waals surface area contributed by atoms with Crippen LogP contribution in [0.3, 0.4) is 0 Å². The highest BCUT2D eigenvalue weighted by Crippen LogP contribution is 2.27. The largest absolute Gasteiger partial charge is 0.486 e. The molecule has 0 radical (unpaired) electrons. The van der Waals surface area contributed by atoms with Gasteiger partial charge in [-0.05, 0) is 31.2 Å². The number of aromatic nitrogens is 4. The highest BCUT2D eigenvalue weighted by Gasteiger charge is 2.15. The zero-order valence-electron chi connectivity index (χ0n) is 17.8. The van der Waals surface area contributed by atoms with Crippen LogP contribution >= 0.6 is 50.6 Å². The van der Waals surface area contributed by atoms with E-state index in [0.717, 1.165) is 15.7 Å². The summed E-state index contributed by atoms with van der Waals surface area (Å²) < 4.78 is 21.8.